The van der Waals surface area contributed by atoms with Crippen LogP contribution in [0.15, 0.2) is 4.79 Å². The SMILES string of the molecule is CCC(C)(NC(=O)Cc1c(C)nc(=O)[nH]c1C)C(=O)O. The number of hydrogen-bond acceptors (Lipinski definition) is 4. The van der Waals surface area contributed by atoms with E-state index in [9.17, 15) is 14.4 Å². The number of carbonyl (C=O) groups excluding carboxylic acids is 1. The molecule has 1 aromatic rings. The number of aliphatic carboxylic acids is 1. The van der Waals surface area contributed by atoms with E-state index in [1.165, 1.54) is 6.92 Å². The van der Waals surface area contributed by atoms with E-state index in [-0.39, 0.29) is 12.8 Å². The van der Waals surface area contributed by atoms with E-state index in [0.29, 0.717) is 17.0 Å². The van der Waals surface area contributed by atoms with Gasteiger partial charge < -0.3 is 15.4 Å². The number of carbonyl (C=O) groups is 2. The van der Waals surface area contributed by atoms with Gasteiger partial charge in [-0.3, -0.25) is 4.79 Å². The van der Waals surface area contributed by atoms with Crippen LogP contribution in [0, 0.1) is 13.8 Å². The quantitative estimate of drug-likeness (QED) is 0.718. The van der Waals surface area contributed by atoms with Crippen LogP contribution in [-0.4, -0.2) is 32.5 Å². The maximum atomic E-state index is 12.0. The van der Waals surface area contributed by atoms with Crippen LogP contribution in [0.2, 0.25) is 0 Å². The number of aromatic amines is 1. The average Bonchev–Trinajstić information content (AvgIpc) is 2.33. The van der Waals surface area contributed by atoms with Crippen LogP contribution >= 0.6 is 0 Å². The lowest BCUT2D eigenvalue weighted by atomic mass is 9.98. The Labute approximate surface area is 116 Å². The fourth-order valence-electron chi connectivity index (χ4n) is 1.82. The van der Waals surface area contributed by atoms with E-state index in [2.05, 4.69) is 15.3 Å². The molecule has 0 radical (unpaired) electrons. The Morgan fingerprint density at radius 3 is 2.45 bits per heavy atom. The molecule has 7 nitrogen and oxygen atoms in total. The number of carboxylic acid groups (broad SMARTS) is 1. The van der Waals surface area contributed by atoms with Gasteiger partial charge >= 0.3 is 11.7 Å². The van der Waals surface area contributed by atoms with Crippen molar-refractivity contribution in [2.24, 2.45) is 0 Å². The van der Waals surface area contributed by atoms with Crippen LogP contribution in [0.4, 0.5) is 0 Å². The number of amides is 1. The van der Waals surface area contributed by atoms with Crippen molar-refractivity contribution < 1.29 is 14.7 Å². The molecule has 1 rings (SSSR count). The molecule has 0 spiro atoms. The molecule has 0 aromatic carbocycles. The van der Waals surface area contributed by atoms with Crippen LogP contribution in [-0.2, 0) is 16.0 Å². The number of aryl methyl sites for hydroxylation is 2. The molecular weight excluding hydrogens is 262 g/mol. The molecule has 0 saturated carbocycles. The Morgan fingerprint density at radius 1 is 1.40 bits per heavy atom. The third-order valence-corrected chi connectivity index (χ3v) is 3.38. The lowest BCUT2D eigenvalue weighted by molar-refractivity contribution is -0.146. The Bertz CT molecular complexity index is 568. The van der Waals surface area contributed by atoms with Crippen molar-refractivity contribution in [2.45, 2.75) is 46.1 Å². The summed E-state index contributed by atoms with van der Waals surface area (Å²) in [4.78, 5) is 40.6. The van der Waals surface area contributed by atoms with Crippen LogP contribution in [0.3, 0.4) is 0 Å². The first-order chi connectivity index (χ1) is 9.19. The van der Waals surface area contributed by atoms with Gasteiger partial charge in [-0.25, -0.2) is 9.59 Å². The monoisotopic (exact) mass is 281 g/mol. The van der Waals surface area contributed by atoms with Crippen LogP contribution in [0.25, 0.3) is 0 Å². The van der Waals surface area contributed by atoms with Crippen molar-refractivity contribution in [3.8, 4) is 0 Å². The number of aromatic nitrogens is 2. The molecule has 7 heteroatoms. The zero-order valence-electron chi connectivity index (χ0n) is 12.0. The third-order valence-electron chi connectivity index (χ3n) is 3.38. The lowest BCUT2D eigenvalue weighted by Gasteiger charge is -2.24. The van der Waals surface area contributed by atoms with E-state index < -0.39 is 23.1 Å². The zero-order valence-corrected chi connectivity index (χ0v) is 12.0. The van der Waals surface area contributed by atoms with Crippen molar-refractivity contribution in [3.05, 3.63) is 27.4 Å². The molecule has 20 heavy (non-hydrogen) atoms. The highest BCUT2D eigenvalue weighted by atomic mass is 16.4. The van der Waals surface area contributed by atoms with Gasteiger partial charge in [0.1, 0.15) is 5.54 Å². The van der Waals surface area contributed by atoms with E-state index >= 15 is 0 Å². The maximum Gasteiger partial charge on any atom is 0.345 e. The molecule has 1 unspecified atom stereocenters. The summed E-state index contributed by atoms with van der Waals surface area (Å²) in [6.07, 6.45) is 0.250. The minimum Gasteiger partial charge on any atom is -0.480 e. The summed E-state index contributed by atoms with van der Waals surface area (Å²) in [5.41, 5.74) is -0.130. The van der Waals surface area contributed by atoms with E-state index in [0.717, 1.165) is 0 Å². The summed E-state index contributed by atoms with van der Waals surface area (Å²) in [7, 11) is 0. The molecule has 0 saturated heterocycles. The van der Waals surface area contributed by atoms with Gasteiger partial charge in [-0.1, -0.05) is 6.92 Å². The van der Waals surface area contributed by atoms with Gasteiger partial charge in [0.15, 0.2) is 0 Å². The number of H-pyrrole nitrogens is 1. The average molecular weight is 281 g/mol. The number of hydrogen-bond donors (Lipinski definition) is 3. The molecule has 1 amide bonds. The second kappa shape index (κ2) is 5.85. The molecule has 1 atom stereocenters. The van der Waals surface area contributed by atoms with Crippen molar-refractivity contribution >= 4 is 11.9 Å². The highest BCUT2D eigenvalue weighted by molar-refractivity contribution is 5.87. The zero-order chi connectivity index (χ0) is 15.5. The first kappa shape index (κ1) is 15.9. The number of nitrogens with zero attached hydrogens (tertiary/aromatic N) is 1. The largest absolute Gasteiger partial charge is 0.480 e. The first-order valence-corrected chi connectivity index (χ1v) is 6.30. The third kappa shape index (κ3) is 3.43. The van der Waals surface area contributed by atoms with Crippen molar-refractivity contribution in [1.29, 1.82) is 0 Å². The van der Waals surface area contributed by atoms with Gasteiger partial charge in [-0.15, -0.1) is 0 Å². The van der Waals surface area contributed by atoms with E-state index in [1.807, 2.05) is 0 Å². The Hall–Kier alpha value is -2.18. The van der Waals surface area contributed by atoms with Crippen LogP contribution < -0.4 is 11.0 Å². The van der Waals surface area contributed by atoms with Gasteiger partial charge in [0.05, 0.1) is 6.42 Å². The normalized spacial score (nSPS) is 13.6. The fraction of sp³-hybridized carbons (Fsp3) is 0.538. The van der Waals surface area contributed by atoms with Gasteiger partial charge in [0.2, 0.25) is 5.91 Å². The second-order valence-electron chi connectivity index (χ2n) is 4.95. The van der Waals surface area contributed by atoms with E-state index in [4.69, 9.17) is 5.11 Å². The molecular formula is C13H19N3O4. The molecule has 0 aliphatic rings. The van der Waals surface area contributed by atoms with Gasteiger partial charge in [-0.2, -0.15) is 4.98 Å². The van der Waals surface area contributed by atoms with Gasteiger partial charge in [-0.05, 0) is 27.2 Å². The second-order valence-corrected chi connectivity index (χ2v) is 4.95. The molecule has 1 heterocycles. The Kier molecular flexibility index (Phi) is 4.65. The standard InChI is InChI=1S/C13H19N3O4/c1-5-13(4,11(18)19)16-10(17)6-9-7(2)14-12(20)15-8(9)3/h5-6H2,1-4H3,(H,16,17)(H,18,19)(H,14,15,20). The van der Waals surface area contributed by atoms with Crippen molar-refractivity contribution in [3.63, 3.8) is 0 Å². The molecule has 0 fully saturated rings. The first-order valence-electron chi connectivity index (χ1n) is 6.30. The predicted molar refractivity (Wildman–Crippen MR) is 72.5 cm³/mol. The van der Waals surface area contributed by atoms with Crippen LogP contribution in [0.5, 0.6) is 0 Å². The van der Waals surface area contributed by atoms with Gasteiger partial charge in [0.25, 0.3) is 0 Å². The Morgan fingerprint density at radius 2 is 2.00 bits per heavy atom. The minimum absolute atomic E-state index is 0.0235. The summed E-state index contributed by atoms with van der Waals surface area (Å²) < 4.78 is 0. The highest BCUT2D eigenvalue weighted by Crippen LogP contribution is 2.12. The molecule has 3 N–H and O–H groups in total. The van der Waals surface area contributed by atoms with Crippen LogP contribution in [0.1, 0.15) is 37.2 Å². The summed E-state index contributed by atoms with van der Waals surface area (Å²) in [5.74, 6) is -1.50. The maximum absolute atomic E-state index is 12.0. The Balaban J connectivity index is 2.93. The molecule has 0 aliphatic heterocycles. The topological polar surface area (TPSA) is 112 Å². The molecule has 0 bridgehead atoms. The summed E-state index contributed by atoms with van der Waals surface area (Å²) in [5, 5.41) is 11.6. The summed E-state index contributed by atoms with van der Waals surface area (Å²) in [6, 6.07) is 0. The number of carboxylic acids is 1. The summed E-state index contributed by atoms with van der Waals surface area (Å²) >= 11 is 0. The summed E-state index contributed by atoms with van der Waals surface area (Å²) in [6.45, 7) is 6.46. The molecule has 1 aromatic heterocycles. The van der Waals surface area contributed by atoms with E-state index in [1.54, 1.807) is 20.8 Å². The van der Waals surface area contributed by atoms with Gasteiger partial charge in [0, 0.05) is 17.0 Å². The molecule has 0 aliphatic carbocycles. The van der Waals surface area contributed by atoms with Crippen molar-refractivity contribution in [2.75, 3.05) is 0 Å². The number of rotatable bonds is 5. The smallest absolute Gasteiger partial charge is 0.345 e. The molecule has 110 valence electrons. The van der Waals surface area contributed by atoms with Crippen molar-refractivity contribution in [1.82, 2.24) is 15.3 Å². The number of nitrogens with one attached hydrogen (secondary N) is 2. The fourth-order valence-corrected chi connectivity index (χ4v) is 1.82. The highest BCUT2D eigenvalue weighted by Gasteiger charge is 2.32. The minimum atomic E-state index is -1.30. The lowest BCUT2D eigenvalue weighted by Crippen LogP contribution is -2.52. The predicted octanol–water partition coefficient (Wildman–Crippen LogP) is 0.299.